The Morgan fingerprint density at radius 3 is 2.13 bits per heavy atom. The smallest absolute Gasteiger partial charge is 0.321 e. The molecule has 0 saturated carbocycles. The molecule has 30 heavy (non-hydrogen) atoms. The number of hydrogen-bond donors (Lipinski definition) is 1. The van der Waals surface area contributed by atoms with Gasteiger partial charge in [-0.25, -0.2) is 4.79 Å². The molecule has 0 spiro atoms. The standard InChI is InChI=1S/C26H29N3O/c1-20-13-14-21(2)24(19-20)25(22-9-5-3-6-10-22)28-15-17-29(18-16-28)26(30)27-23-11-7-4-8-12-23/h3-14,19,25H,15-18H2,1-2H3,(H,27,30). The number of para-hydroxylation sites is 1. The van der Waals surface area contributed by atoms with E-state index in [9.17, 15) is 4.79 Å². The van der Waals surface area contributed by atoms with E-state index in [2.05, 4.69) is 72.6 Å². The number of carbonyl (C=O) groups excluding carboxylic acids is 1. The quantitative estimate of drug-likeness (QED) is 0.651. The molecule has 1 heterocycles. The molecule has 3 aromatic carbocycles. The summed E-state index contributed by atoms with van der Waals surface area (Å²) in [6.45, 7) is 7.45. The number of aryl methyl sites for hydroxylation is 2. The molecule has 1 aliphatic rings. The van der Waals surface area contributed by atoms with E-state index >= 15 is 0 Å². The number of piperazine rings is 1. The first-order valence-corrected chi connectivity index (χ1v) is 10.6. The molecule has 1 fully saturated rings. The second kappa shape index (κ2) is 9.14. The molecule has 1 saturated heterocycles. The van der Waals surface area contributed by atoms with E-state index in [1.807, 2.05) is 35.2 Å². The summed E-state index contributed by atoms with van der Waals surface area (Å²) in [7, 11) is 0. The number of rotatable bonds is 4. The number of benzene rings is 3. The summed E-state index contributed by atoms with van der Waals surface area (Å²) in [6.07, 6.45) is 0. The molecule has 0 aromatic heterocycles. The summed E-state index contributed by atoms with van der Waals surface area (Å²) in [6, 6.07) is 27.2. The van der Waals surface area contributed by atoms with E-state index in [0.29, 0.717) is 13.1 Å². The Hall–Kier alpha value is -3.11. The lowest BCUT2D eigenvalue weighted by Gasteiger charge is -2.40. The van der Waals surface area contributed by atoms with Gasteiger partial charge in [-0.1, -0.05) is 72.3 Å². The SMILES string of the molecule is Cc1ccc(C)c(C(c2ccccc2)N2CCN(C(=O)Nc3ccccc3)CC2)c1. The van der Waals surface area contributed by atoms with Gasteiger partial charge < -0.3 is 10.2 Å². The molecular formula is C26H29N3O. The fourth-order valence-corrected chi connectivity index (χ4v) is 4.18. The predicted octanol–water partition coefficient (Wildman–Crippen LogP) is 5.24. The Morgan fingerprint density at radius 2 is 1.47 bits per heavy atom. The Bertz CT molecular complexity index is 980. The number of amides is 2. The van der Waals surface area contributed by atoms with Crippen LogP contribution in [0.4, 0.5) is 10.5 Å². The van der Waals surface area contributed by atoms with Crippen molar-refractivity contribution in [1.82, 2.24) is 9.80 Å². The highest BCUT2D eigenvalue weighted by atomic mass is 16.2. The van der Waals surface area contributed by atoms with Gasteiger partial charge in [0.05, 0.1) is 6.04 Å². The van der Waals surface area contributed by atoms with E-state index in [-0.39, 0.29) is 12.1 Å². The van der Waals surface area contributed by atoms with Gasteiger partial charge in [0.1, 0.15) is 0 Å². The van der Waals surface area contributed by atoms with Crippen LogP contribution in [-0.2, 0) is 0 Å². The predicted molar refractivity (Wildman–Crippen MR) is 123 cm³/mol. The topological polar surface area (TPSA) is 35.6 Å². The molecule has 0 bridgehead atoms. The number of hydrogen-bond acceptors (Lipinski definition) is 2. The molecule has 0 radical (unpaired) electrons. The minimum atomic E-state index is -0.0242. The van der Waals surface area contributed by atoms with E-state index in [4.69, 9.17) is 0 Å². The molecule has 4 heteroatoms. The first-order valence-electron chi connectivity index (χ1n) is 10.6. The van der Waals surface area contributed by atoms with Crippen molar-refractivity contribution in [2.45, 2.75) is 19.9 Å². The van der Waals surface area contributed by atoms with Crippen molar-refractivity contribution in [2.24, 2.45) is 0 Å². The van der Waals surface area contributed by atoms with Crippen LogP contribution in [0, 0.1) is 13.8 Å². The molecule has 3 aromatic rings. The Labute approximate surface area is 179 Å². The van der Waals surface area contributed by atoms with Crippen LogP contribution in [0.25, 0.3) is 0 Å². The average Bonchev–Trinajstić information content (AvgIpc) is 2.78. The first-order chi connectivity index (χ1) is 14.6. The third-order valence-corrected chi connectivity index (χ3v) is 5.84. The molecule has 0 aliphatic carbocycles. The first kappa shape index (κ1) is 20.2. The van der Waals surface area contributed by atoms with Gasteiger partial charge in [0, 0.05) is 31.9 Å². The molecule has 1 unspecified atom stereocenters. The van der Waals surface area contributed by atoms with Gasteiger partial charge in [-0.15, -0.1) is 0 Å². The Kier molecular flexibility index (Phi) is 6.15. The van der Waals surface area contributed by atoms with Gasteiger partial charge >= 0.3 is 6.03 Å². The second-order valence-corrected chi connectivity index (χ2v) is 7.99. The fraction of sp³-hybridized carbons (Fsp3) is 0.269. The highest BCUT2D eigenvalue weighted by Gasteiger charge is 2.29. The van der Waals surface area contributed by atoms with Crippen LogP contribution in [0.5, 0.6) is 0 Å². The normalized spacial score (nSPS) is 15.6. The monoisotopic (exact) mass is 399 g/mol. The van der Waals surface area contributed by atoms with Crippen LogP contribution in [-0.4, -0.2) is 42.0 Å². The van der Waals surface area contributed by atoms with Gasteiger partial charge in [-0.2, -0.15) is 0 Å². The average molecular weight is 400 g/mol. The van der Waals surface area contributed by atoms with E-state index in [1.165, 1.54) is 22.3 Å². The van der Waals surface area contributed by atoms with Crippen molar-refractivity contribution in [3.05, 3.63) is 101 Å². The highest BCUT2D eigenvalue weighted by Crippen LogP contribution is 2.32. The summed E-state index contributed by atoms with van der Waals surface area (Å²) in [5.74, 6) is 0. The van der Waals surface area contributed by atoms with Crippen LogP contribution in [0.3, 0.4) is 0 Å². The van der Waals surface area contributed by atoms with Crippen molar-refractivity contribution >= 4 is 11.7 Å². The van der Waals surface area contributed by atoms with Crippen molar-refractivity contribution in [3.8, 4) is 0 Å². The number of urea groups is 1. The molecule has 4 nitrogen and oxygen atoms in total. The highest BCUT2D eigenvalue weighted by molar-refractivity contribution is 5.89. The lowest BCUT2D eigenvalue weighted by atomic mass is 9.92. The molecule has 154 valence electrons. The minimum Gasteiger partial charge on any atom is -0.322 e. The van der Waals surface area contributed by atoms with Crippen molar-refractivity contribution in [3.63, 3.8) is 0 Å². The number of nitrogens with one attached hydrogen (secondary N) is 1. The lowest BCUT2D eigenvalue weighted by Crippen LogP contribution is -2.51. The Morgan fingerprint density at radius 1 is 0.833 bits per heavy atom. The second-order valence-electron chi connectivity index (χ2n) is 7.99. The molecule has 1 aliphatic heterocycles. The van der Waals surface area contributed by atoms with Crippen molar-refractivity contribution in [2.75, 3.05) is 31.5 Å². The summed E-state index contributed by atoms with van der Waals surface area (Å²) < 4.78 is 0. The third-order valence-electron chi connectivity index (χ3n) is 5.84. The maximum absolute atomic E-state index is 12.7. The largest absolute Gasteiger partial charge is 0.322 e. The number of nitrogens with zero attached hydrogens (tertiary/aromatic N) is 2. The summed E-state index contributed by atoms with van der Waals surface area (Å²) in [5, 5.41) is 3.00. The third kappa shape index (κ3) is 4.55. The molecule has 1 N–H and O–H groups in total. The van der Waals surface area contributed by atoms with E-state index < -0.39 is 0 Å². The molecule has 1 atom stereocenters. The maximum atomic E-state index is 12.7. The van der Waals surface area contributed by atoms with Gasteiger partial charge in [0.2, 0.25) is 0 Å². The fourth-order valence-electron chi connectivity index (χ4n) is 4.18. The summed E-state index contributed by atoms with van der Waals surface area (Å²) in [5.41, 5.74) is 6.07. The summed E-state index contributed by atoms with van der Waals surface area (Å²) >= 11 is 0. The van der Waals surface area contributed by atoms with Crippen LogP contribution in [0.1, 0.15) is 28.3 Å². The zero-order valence-corrected chi connectivity index (χ0v) is 17.7. The van der Waals surface area contributed by atoms with Crippen LogP contribution >= 0.6 is 0 Å². The molecular weight excluding hydrogens is 370 g/mol. The summed E-state index contributed by atoms with van der Waals surface area (Å²) in [4.78, 5) is 17.1. The van der Waals surface area contributed by atoms with E-state index in [1.54, 1.807) is 0 Å². The maximum Gasteiger partial charge on any atom is 0.321 e. The zero-order chi connectivity index (χ0) is 20.9. The van der Waals surface area contributed by atoms with Crippen molar-refractivity contribution in [1.29, 1.82) is 0 Å². The Balaban J connectivity index is 1.51. The van der Waals surface area contributed by atoms with Crippen LogP contribution < -0.4 is 5.32 Å². The van der Waals surface area contributed by atoms with Crippen LogP contribution in [0.15, 0.2) is 78.9 Å². The van der Waals surface area contributed by atoms with Gasteiger partial charge in [-0.05, 0) is 42.7 Å². The minimum absolute atomic E-state index is 0.0242. The van der Waals surface area contributed by atoms with Gasteiger partial charge in [0.25, 0.3) is 0 Å². The van der Waals surface area contributed by atoms with Gasteiger partial charge in [-0.3, -0.25) is 4.90 Å². The van der Waals surface area contributed by atoms with Crippen LogP contribution in [0.2, 0.25) is 0 Å². The van der Waals surface area contributed by atoms with Gasteiger partial charge in [0.15, 0.2) is 0 Å². The van der Waals surface area contributed by atoms with Crippen molar-refractivity contribution < 1.29 is 4.79 Å². The molecule has 2 amide bonds. The molecule has 4 rings (SSSR count). The number of carbonyl (C=O) groups is 1. The van der Waals surface area contributed by atoms with E-state index in [0.717, 1.165) is 18.8 Å². The zero-order valence-electron chi connectivity index (χ0n) is 17.7. The number of anilines is 1. The lowest BCUT2D eigenvalue weighted by molar-refractivity contribution is 0.126.